The van der Waals surface area contributed by atoms with Crippen LogP contribution >= 0.6 is 0 Å². The third-order valence-corrected chi connectivity index (χ3v) is 3.92. The molecule has 2 aromatic rings. The van der Waals surface area contributed by atoms with Crippen molar-refractivity contribution in [1.82, 2.24) is 14.9 Å². The first-order valence-electron chi connectivity index (χ1n) is 7.59. The van der Waals surface area contributed by atoms with E-state index in [1.165, 1.54) is 4.57 Å². The van der Waals surface area contributed by atoms with Gasteiger partial charge < -0.3 is 10.1 Å². The molecule has 3 heterocycles. The van der Waals surface area contributed by atoms with Gasteiger partial charge in [0.2, 0.25) is 0 Å². The van der Waals surface area contributed by atoms with E-state index in [-0.39, 0.29) is 23.1 Å². The van der Waals surface area contributed by atoms with Crippen LogP contribution in [0.4, 0.5) is 0 Å². The zero-order chi connectivity index (χ0) is 15.5. The normalized spacial score (nSPS) is 17.8. The molecule has 1 unspecified atom stereocenters. The Labute approximate surface area is 128 Å². The molecule has 1 fully saturated rings. The number of nitrogens with zero attached hydrogens (tertiary/aromatic N) is 2. The first-order chi connectivity index (χ1) is 10.7. The number of nitrogens with one attached hydrogen (secondary N) is 1. The van der Waals surface area contributed by atoms with Crippen LogP contribution in [-0.4, -0.2) is 34.7 Å². The van der Waals surface area contributed by atoms with Crippen LogP contribution in [-0.2, 0) is 11.3 Å². The maximum absolute atomic E-state index is 12.5. The lowest BCUT2D eigenvalue weighted by atomic mass is 10.2. The van der Waals surface area contributed by atoms with E-state index < -0.39 is 0 Å². The maximum Gasteiger partial charge on any atom is 0.265 e. The summed E-state index contributed by atoms with van der Waals surface area (Å²) >= 11 is 0. The van der Waals surface area contributed by atoms with Gasteiger partial charge in [0.1, 0.15) is 11.2 Å². The molecule has 116 valence electrons. The quantitative estimate of drug-likeness (QED) is 0.924. The number of aryl methyl sites for hydroxylation is 1. The van der Waals surface area contributed by atoms with Gasteiger partial charge in [-0.1, -0.05) is 0 Å². The van der Waals surface area contributed by atoms with Crippen LogP contribution in [0.2, 0.25) is 0 Å². The molecule has 0 bridgehead atoms. The number of carbonyl (C=O) groups is 1. The lowest BCUT2D eigenvalue weighted by molar-refractivity contribution is 0.0856. The fraction of sp³-hybridized carbons (Fsp3) is 0.438. The van der Waals surface area contributed by atoms with Crippen molar-refractivity contribution in [2.24, 2.45) is 0 Å². The third kappa shape index (κ3) is 2.74. The van der Waals surface area contributed by atoms with Crippen molar-refractivity contribution in [2.45, 2.75) is 32.4 Å². The number of hydrogen-bond donors (Lipinski definition) is 1. The minimum atomic E-state index is -0.353. The molecule has 22 heavy (non-hydrogen) atoms. The first-order valence-corrected chi connectivity index (χ1v) is 7.59. The molecule has 1 atom stereocenters. The second-order valence-corrected chi connectivity index (χ2v) is 5.37. The van der Waals surface area contributed by atoms with Crippen molar-refractivity contribution in [2.75, 3.05) is 13.2 Å². The van der Waals surface area contributed by atoms with E-state index in [9.17, 15) is 9.59 Å². The molecule has 1 N–H and O–H groups in total. The van der Waals surface area contributed by atoms with Gasteiger partial charge in [-0.15, -0.1) is 0 Å². The zero-order valence-electron chi connectivity index (χ0n) is 12.5. The van der Waals surface area contributed by atoms with E-state index >= 15 is 0 Å². The summed E-state index contributed by atoms with van der Waals surface area (Å²) in [5.74, 6) is -0.353. The summed E-state index contributed by atoms with van der Waals surface area (Å²) in [6, 6.07) is 5.26. The lowest BCUT2D eigenvalue weighted by Gasteiger charge is -2.12. The summed E-state index contributed by atoms with van der Waals surface area (Å²) in [5.41, 5.74) is 0.449. The van der Waals surface area contributed by atoms with E-state index in [1.54, 1.807) is 18.3 Å². The van der Waals surface area contributed by atoms with E-state index in [0.29, 0.717) is 18.7 Å². The Kier molecular flexibility index (Phi) is 4.20. The fourth-order valence-electron chi connectivity index (χ4n) is 2.77. The molecule has 0 aliphatic carbocycles. The first kappa shape index (κ1) is 14.7. The molecule has 1 aliphatic heterocycles. The molecule has 1 amide bonds. The molecule has 1 aliphatic rings. The summed E-state index contributed by atoms with van der Waals surface area (Å²) in [7, 11) is 0. The molecule has 0 spiro atoms. The number of fused-ring (bicyclic) bond motifs is 1. The molecule has 3 rings (SSSR count). The Morgan fingerprint density at radius 1 is 1.55 bits per heavy atom. The summed E-state index contributed by atoms with van der Waals surface area (Å²) in [4.78, 5) is 29.0. The summed E-state index contributed by atoms with van der Waals surface area (Å²) < 4.78 is 7.00. The zero-order valence-corrected chi connectivity index (χ0v) is 12.5. The highest BCUT2D eigenvalue weighted by Crippen LogP contribution is 2.12. The monoisotopic (exact) mass is 301 g/mol. The summed E-state index contributed by atoms with van der Waals surface area (Å²) in [5, 5.41) is 3.58. The number of pyridine rings is 2. The molecule has 2 aromatic heterocycles. The average molecular weight is 301 g/mol. The van der Waals surface area contributed by atoms with Gasteiger partial charge in [-0.3, -0.25) is 14.2 Å². The molecular formula is C16H19N3O3. The predicted molar refractivity (Wildman–Crippen MR) is 83.0 cm³/mol. The van der Waals surface area contributed by atoms with E-state index in [1.807, 2.05) is 13.0 Å². The Bertz CT molecular complexity index is 748. The van der Waals surface area contributed by atoms with Crippen molar-refractivity contribution >= 4 is 16.9 Å². The van der Waals surface area contributed by atoms with Crippen molar-refractivity contribution in [3.8, 4) is 0 Å². The minimum absolute atomic E-state index is 0.0551. The van der Waals surface area contributed by atoms with Gasteiger partial charge in [0.05, 0.1) is 6.10 Å². The lowest BCUT2D eigenvalue weighted by Crippen LogP contribution is -2.36. The van der Waals surface area contributed by atoms with Gasteiger partial charge in [-0.2, -0.15) is 0 Å². The largest absolute Gasteiger partial charge is 0.376 e. The maximum atomic E-state index is 12.5. The van der Waals surface area contributed by atoms with Crippen LogP contribution in [0.1, 0.15) is 30.1 Å². The average Bonchev–Trinajstić information content (AvgIpc) is 3.05. The van der Waals surface area contributed by atoms with Gasteiger partial charge in [0.15, 0.2) is 0 Å². The van der Waals surface area contributed by atoms with Crippen LogP contribution in [0.5, 0.6) is 0 Å². The third-order valence-electron chi connectivity index (χ3n) is 3.92. The standard InChI is InChI=1S/C16H19N3O3/c1-2-19-14-11(5-3-7-17-14)9-13(16(19)21)15(20)18-10-12-6-4-8-22-12/h3,5,7,9,12H,2,4,6,8,10H2,1H3,(H,18,20). The van der Waals surface area contributed by atoms with Crippen LogP contribution in [0.25, 0.3) is 11.0 Å². The van der Waals surface area contributed by atoms with Crippen LogP contribution in [0.15, 0.2) is 29.2 Å². The smallest absolute Gasteiger partial charge is 0.265 e. The Morgan fingerprint density at radius 3 is 3.14 bits per heavy atom. The highest BCUT2D eigenvalue weighted by atomic mass is 16.5. The van der Waals surface area contributed by atoms with Gasteiger partial charge in [-0.25, -0.2) is 4.98 Å². The van der Waals surface area contributed by atoms with Gasteiger partial charge >= 0.3 is 0 Å². The van der Waals surface area contributed by atoms with Crippen molar-refractivity contribution in [1.29, 1.82) is 0 Å². The molecule has 0 radical (unpaired) electrons. The van der Waals surface area contributed by atoms with Gasteiger partial charge in [-0.05, 0) is 38.0 Å². The second kappa shape index (κ2) is 6.27. The van der Waals surface area contributed by atoms with E-state index in [4.69, 9.17) is 4.74 Å². The van der Waals surface area contributed by atoms with Crippen LogP contribution < -0.4 is 10.9 Å². The highest BCUT2D eigenvalue weighted by Gasteiger charge is 2.19. The number of rotatable bonds is 4. The Morgan fingerprint density at radius 2 is 2.41 bits per heavy atom. The van der Waals surface area contributed by atoms with E-state index in [0.717, 1.165) is 24.8 Å². The predicted octanol–water partition coefficient (Wildman–Crippen LogP) is 1.33. The Balaban J connectivity index is 1.90. The van der Waals surface area contributed by atoms with Gasteiger partial charge in [0, 0.05) is 31.3 Å². The summed E-state index contributed by atoms with van der Waals surface area (Å²) in [6.07, 6.45) is 3.66. The summed E-state index contributed by atoms with van der Waals surface area (Å²) in [6.45, 7) is 3.52. The number of hydrogen-bond acceptors (Lipinski definition) is 4. The van der Waals surface area contributed by atoms with E-state index in [2.05, 4.69) is 10.3 Å². The number of ether oxygens (including phenoxy) is 1. The fourth-order valence-corrected chi connectivity index (χ4v) is 2.77. The number of carbonyl (C=O) groups excluding carboxylic acids is 1. The van der Waals surface area contributed by atoms with Gasteiger partial charge in [0.25, 0.3) is 11.5 Å². The van der Waals surface area contributed by atoms with Crippen LogP contribution in [0, 0.1) is 0 Å². The molecule has 1 saturated heterocycles. The SMILES string of the molecule is CCn1c(=O)c(C(=O)NCC2CCCO2)cc2cccnc21. The number of aromatic nitrogens is 2. The minimum Gasteiger partial charge on any atom is -0.376 e. The molecule has 6 nitrogen and oxygen atoms in total. The van der Waals surface area contributed by atoms with Crippen molar-refractivity contribution in [3.05, 3.63) is 40.3 Å². The van der Waals surface area contributed by atoms with Crippen molar-refractivity contribution in [3.63, 3.8) is 0 Å². The molecule has 0 saturated carbocycles. The number of amides is 1. The molecule has 0 aromatic carbocycles. The second-order valence-electron chi connectivity index (χ2n) is 5.37. The van der Waals surface area contributed by atoms with Crippen molar-refractivity contribution < 1.29 is 9.53 Å². The Hall–Kier alpha value is -2.21. The highest BCUT2D eigenvalue weighted by molar-refractivity contribution is 5.96. The topological polar surface area (TPSA) is 73.2 Å². The molecular weight excluding hydrogens is 282 g/mol. The molecule has 6 heteroatoms. The van der Waals surface area contributed by atoms with Crippen LogP contribution in [0.3, 0.4) is 0 Å².